The molecule has 3 rings (SSSR count). The maximum absolute atomic E-state index is 12.9. The molecule has 8 heteroatoms. The molecule has 1 heterocycles. The fourth-order valence-electron chi connectivity index (χ4n) is 2.86. The zero-order valence-corrected chi connectivity index (χ0v) is 16.6. The number of carbonyl (C=O) groups is 2. The summed E-state index contributed by atoms with van der Waals surface area (Å²) in [6.45, 7) is 1.90. The maximum atomic E-state index is 12.9. The summed E-state index contributed by atoms with van der Waals surface area (Å²) < 4.78 is 4.94. The van der Waals surface area contributed by atoms with Crippen molar-refractivity contribution in [2.45, 2.75) is 19.4 Å². The monoisotopic (exact) mass is 419 g/mol. The Hall–Kier alpha value is -2.70. The predicted octanol–water partition coefficient (Wildman–Crippen LogP) is 4.77. The predicted molar refractivity (Wildman–Crippen MR) is 111 cm³/mol. The second-order valence-corrected chi connectivity index (χ2v) is 6.86. The lowest BCUT2D eigenvalue weighted by Gasteiger charge is -2.18. The highest BCUT2D eigenvalue weighted by molar-refractivity contribution is 6.44. The van der Waals surface area contributed by atoms with Crippen molar-refractivity contribution in [2.75, 3.05) is 11.9 Å². The molecule has 3 aromatic rings. The molecule has 3 N–H and O–H groups in total. The highest BCUT2D eigenvalue weighted by atomic mass is 35.5. The topological polar surface area (TPSA) is 83.2 Å². The molecule has 0 aliphatic carbocycles. The van der Waals surface area contributed by atoms with E-state index in [-0.39, 0.29) is 18.1 Å². The van der Waals surface area contributed by atoms with Crippen LogP contribution in [0.5, 0.6) is 0 Å². The second-order valence-electron chi connectivity index (χ2n) is 6.07. The van der Waals surface area contributed by atoms with Crippen LogP contribution in [-0.2, 0) is 16.0 Å². The molecule has 6 nitrogen and oxygen atoms in total. The molecule has 1 atom stereocenters. The minimum absolute atomic E-state index is 0.202. The summed E-state index contributed by atoms with van der Waals surface area (Å²) >= 11 is 12.2. The van der Waals surface area contributed by atoms with Gasteiger partial charge in [-0.25, -0.2) is 4.79 Å². The molecule has 0 aliphatic rings. The van der Waals surface area contributed by atoms with Gasteiger partial charge in [0.1, 0.15) is 6.04 Å². The number of hydrogen-bond acceptors (Lipinski definition) is 3. The molecule has 0 spiro atoms. The number of alkyl carbamates (subject to hydrolysis) is 1. The van der Waals surface area contributed by atoms with E-state index in [1.54, 1.807) is 25.1 Å². The zero-order valence-electron chi connectivity index (χ0n) is 15.1. The highest BCUT2D eigenvalue weighted by Gasteiger charge is 2.24. The molecule has 0 saturated heterocycles. The molecule has 1 aromatic heterocycles. The number of benzene rings is 2. The molecular weight excluding hydrogens is 401 g/mol. The van der Waals surface area contributed by atoms with Gasteiger partial charge in [0.05, 0.1) is 22.3 Å². The fraction of sp³-hybridized carbons (Fsp3) is 0.200. The van der Waals surface area contributed by atoms with Gasteiger partial charge in [-0.1, -0.05) is 47.5 Å². The number of rotatable bonds is 6. The van der Waals surface area contributed by atoms with Gasteiger partial charge >= 0.3 is 6.09 Å². The van der Waals surface area contributed by atoms with Crippen LogP contribution in [-0.4, -0.2) is 29.6 Å². The van der Waals surface area contributed by atoms with Crippen molar-refractivity contribution in [1.82, 2.24) is 10.3 Å². The first-order valence-corrected chi connectivity index (χ1v) is 9.48. The summed E-state index contributed by atoms with van der Waals surface area (Å²) in [6, 6.07) is 11.8. The van der Waals surface area contributed by atoms with Gasteiger partial charge in [-0.05, 0) is 30.7 Å². The van der Waals surface area contributed by atoms with Gasteiger partial charge in [0.15, 0.2) is 0 Å². The van der Waals surface area contributed by atoms with Crippen LogP contribution < -0.4 is 10.6 Å². The van der Waals surface area contributed by atoms with Crippen molar-refractivity contribution in [3.8, 4) is 0 Å². The summed E-state index contributed by atoms with van der Waals surface area (Å²) in [5.41, 5.74) is 2.21. The Bertz CT molecular complexity index is 1000. The second kappa shape index (κ2) is 8.99. The number of halogens is 2. The van der Waals surface area contributed by atoms with Gasteiger partial charge in [-0.2, -0.15) is 0 Å². The summed E-state index contributed by atoms with van der Waals surface area (Å²) in [4.78, 5) is 28.0. The van der Waals surface area contributed by atoms with Gasteiger partial charge in [-0.3, -0.25) is 4.79 Å². The number of nitrogens with one attached hydrogen (secondary N) is 3. The molecular formula is C20H19Cl2N3O3. The number of hydrogen-bond donors (Lipinski definition) is 3. The van der Waals surface area contributed by atoms with Crippen LogP contribution in [0, 0.1) is 0 Å². The van der Waals surface area contributed by atoms with Gasteiger partial charge < -0.3 is 20.4 Å². The van der Waals surface area contributed by atoms with E-state index in [0.717, 1.165) is 16.5 Å². The van der Waals surface area contributed by atoms with Gasteiger partial charge in [0, 0.05) is 23.5 Å². The Balaban J connectivity index is 1.84. The SMILES string of the molecule is CCOC(=O)N[C@H](Cc1c[nH]c2ccccc12)C(=O)Nc1cccc(Cl)c1Cl. The Kier molecular flexibility index (Phi) is 6.44. The number of amides is 2. The minimum Gasteiger partial charge on any atom is -0.450 e. The molecule has 0 aliphatic heterocycles. The van der Waals surface area contributed by atoms with Crippen molar-refractivity contribution in [3.05, 3.63) is 64.3 Å². The number of fused-ring (bicyclic) bond motifs is 1. The maximum Gasteiger partial charge on any atom is 0.407 e. The van der Waals surface area contributed by atoms with E-state index in [1.807, 2.05) is 30.5 Å². The molecule has 0 fully saturated rings. The van der Waals surface area contributed by atoms with Gasteiger partial charge in [0.25, 0.3) is 0 Å². The highest BCUT2D eigenvalue weighted by Crippen LogP contribution is 2.29. The number of aromatic nitrogens is 1. The number of anilines is 1. The molecule has 2 amide bonds. The fourth-order valence-corrected chi connectivity index (χ4v) is 3.21. The molecule has 28 heavy (non-hydrogen) atoms. The molecule has 0 radical (unpaired) electrons. The van der Waals surface area contributed by atoms with Crippen LogP contribution in [0.4, 0.5) is 10.5 Å². The number of H-pyrrole nitrogens is 1. The van der Waals surface area contributed by atoms with Crippen molar-refractivity contribution in [2.24, 2.45) is 0 Å². The number of carbonyl (C=O) groups excluding carboxylic acids is 2. The summed E-state index contributed by atoms with van der Waals surface area (Å²) in [6.07, 6.45) is 1.43. The van der Waals surface area contributed by atoms with Crippen LogP contribution >= 0.6 is 23.2 Å². The lowest BCUT2D eigenvalue weighted by Crippen LogP contribution is -2.45. The van der Waals surface area contributed by atoms with Crippen LogP contribution in [0.15, 0.2) is 48.7 Å². The Labute approximate surface area is 172 Å². The minimum atomic E-state index is -0.867. The average Bonchev–Trinajstić information content (AvgIpc) is 3.08. The van der Waals surface area contributed by atoms with Gasteiger partial charge in [0.2, 0.25) is 5.91 Å². The molecule has 0 bridgehead atoms. The molecule has 0 saturated carbocycles. The number of aromatic amines is 1. The lowest BCUT2D eigenvalue weighted by atomic mass is 10.0. The van der Waals surface area contributed by atoms with Crippen molar-refractivity contribution >= 4 is 51.8 Å². The standard InChI is InChI=1S/C20H19Cl2N3O3/c1-2-28-20(27)25-17(10-12-11-23-15-8-4-3-6-13(12)15)19(26)24-16-9-5-7-14(21)18(16)22/h3-9,11,17,23H,2,10H2,1H3,(H,24,26)(H,25,27)/t17-/m1/s1. The first kappa shape index (κ1) is 20.0. The lowest BCUT2D eigenvalue weighted by molar-refractivity contribution is -0.118. The first-order chi connectivity index (χ1) is 13.5. The van der Waals surface area contributed by atoms with Crippen LogP contribution in [0.2, 0.25) is 10.0 Å². The zero-order chi connectivity index (χ0) is 20.1. The van der Waals surface area contributed by atoms with E-state index < -0.39 is 18.0 Å². The van der Waals surface area contributed by atoms with E-state index >= 15 is 0 Å². The quantitative estimate of drug-likeness (QED) is 0.537. The van der Waals surface area contributed by atoms with Gasteiger partial charge in [-0.15, -0.1) is 0 Å². The average molecular weight is 420 g/mol. The summed E-state index contributed by atoms with van der Waals surface area (Å²) in [5, 5.41) is 6.87. The van der Waals surface area contributed by atoms with E-state index in [9.17, 15) is 9.59 Å². The van der Waals surface area contributed by atoms with E-state index in [0.29, 0.717) is 10.7 Å². The summed E-state index contributed by atoms with van der Waals surface area (Å²) in [5.74, 6) is -0.428. The third kappa shape index (κ3) is 4.58. The summed E-state index contributed by atoms with van der Waals surface area (Å²) in [7, 11) is 0. The molecule has 0 unspecified atom stereocenters. The van der Waals surface area contributed by atoms with E-state index in [2.05, 4.69) is 15.6 Å². The van der Waals surface area contributed by atoms with Crippen LogP contribution in [0.3, 0.4) is 0 Å². The Morgan fingerprint density at radius 3 is 2.71 bits per heavy atom. The molecule has 2 aromatic carbocycles. The first-order valence-electron chi connectivity index (χ1n) is 8.72. The number of para-hydroxylation sites is 1. The van der Waals surface area contributed by atoms with Crippen molar-refractivity contribution in [1.29, 1.82) is 0 Å². The smallest absolute Gasteiger partial charge is 0.407 e. The van der Waals surface area contributed by atoms with Crippen LogP contribution in [0.1, 0.15) is 12.5 Å². The molecule has 146 valence electrons. The van der Waals surface area contributed by atoms with Crippen molar-refractivity contribution < 1.29 is 14.3 Å². The third-order valence-electron chi connectivity index (χ3n) is 4.19. The normalized spacial score (nSPS) is 11.8. The number of ether oxygens (including phenoxy) is 1. The van der Waals surface area contributed by atoms with Crippen LogP contribution in [0.25, 0.3) is 10.9 Å². The third-order valence-corrected chi connectivity index (χ3v) is 5.01. The Morgan fingerprint density at radius 2 is 1.93 bits per heavy atom. The van der Waals surface area contributed by atoms with E-state index in [4.69, 9.17) is 27.9 Å². The largest absolute Gasteiger partial charge is 0.450 e. The van der Waals surface area contributed by atoms with Crippen molar-refractivity contribution in [3.63, 3.8) is 0 Å². The van der Waals surface area contributed by atoms with E-state index in [1.165, 1.54) is 0 Å². The Morgan fingerprint density at radius 1 is 1.14 bits per heavy atom.